The molecule has 8 nitrogen and oxygen atoms in total. The minimum Gasteiger partial charge on any atom is -0.455 e. The number of hydrogen-bond donors (Lipinski definition) is 2. The van der Waals surface area contributed by atoms with Crippen LogP contribution in [0.5, 0.6) is 0 Å². The number of nitrogens with one attached hydrogen (secondary N) is 2. The highest BCUT2D eigenvalue weighted by molar-refractivity contribution is 5.96. The first-order chi connectivity index (χ1) is 12.6. The van der Waals surface area contributed by atoms with Gasteiger partial charge in [-0.3, -0.25) is 19.7 Å². The molecular formula is C19H25N3O5. The molecule has 8 heteroatoms. The average Bonchev–Trinajstić information content (AvgIpc) is 2.92. The Morgan fingerprint density at radius 1 is 1.19 bits per heavy atom. The number of likely N-dealkylation sites (tertiary alicyclic amines) is 1. The molecule has 0 spiro atoms. The molecule has 0 unspecified atom stereocenters. The maximum atomic E-state index is 12.1. The van der Waals surface area contributed by atoms with E-state index in [0.29, 0.717) is 6.54 Å². The maximum absolute atomic E-state index is 12.1. The van der Waals surface area contributed by atoms with Crippen molar-refractivity contribution in [2.45, 2.75) is 39.3 Å². The lowest BCUT2D eigenvalue weighted by atomic mass is 10.1. The van der Waals surface area contributed by atoms with Gasteiger partial charge in [0.15, 0.2) is 6.61 Å². The Hall–Kier alpha value is -2.90. The molecule has 1 fully saturated rings. The molecule has 0 aromatic heterocycles. The van der Waals surface area contributed by atoms with Crippen LogP contribution in [0.15, 0.2) is 30.3 Å². The van der Waals surface area contributed by atoms with Crippen LogP contribution in [0.3, 0.4) is 0 Å². The molecule has 2 N–H and O–H groups in total. The molecule has 0 saturated carbocycles. The zero-order valence-corrected chi connectivity index (χ0v) is 15.8. The third kappa shape index (κ3) is 6.73. The molecule has 1 aromatic rings. The Morgan fingerprint density at radius 2 is 1.85 bits per heavy atom. The predicted molar refractivity (Wildman–Crippen MR) is 97.4 cm³/mol. The predicted octanol–water partition coefficient (Wildman–Crippen LogP) is 1.20. The molecule has 27 heavy (non-hydrogen) atoms. The minimum absolute atomic E-state index is 0.0534. The maximum Gasteiger partial charge on any atom is 0.321 e. The van der Waals surface area contributed by atoms with E-state index in [2.05, 4.69) is 10.6 Å². The highest BCUT2D eigenvalue weighted by atomic mass is 16.5. The summed E-state index contributed by atoms with van der Waals surface area (Å²) in [7, 11) is 0. The lowest BCUT2D eigenvalue weighted by Gasteiger charge is -2.20. The van der Waals surface area contributed by atoms with Gasteiger partial charge in [-0.15, -0.1) is 0 Å². The molecule has 1 aromatic carbocycles. The quantitative estimate of drug-likeness (QED) is 0.753. The fraction of sp³-hybridized carbons (Fsp3) is 0.474. The van der Waals surface area contributed by atoms with Crippen LogP contribution in [-0.2, 0) is 25.7 Å². The van der Waals surface area contributed by atoms with Crippen LogP contribution in [0.2, 0.25) is 0 Å². The van der Waals surface area contributed by atoms with Crippen LogP contribution in [0, 0.1) is 5.92 Å². The van der Waals surface area contributed by atoms with Crippen LogP contribution >= 0.6 is 0 Å². The summed E-state index contributed by atoms with van der Waals surface area (Å²) in [5.41, 5.74) is 0.483. The number of carbonyl (C=O) groups excluding carboxylic acids is 4. The Morgan fingerprint density at radius 3 is 2.48 bits per heavy atom. The van der Waals surface area contributed by atoms with Crippen molar-refractivity contribution in [3.63, 3.8) is 0 Å². The molecule has 1 aliphatic rings. The number of amides is 4. The topological polar surface area (TPSA) is 105 Å². The van der Waals surface area contributed by atoms with E-state index in [0.717, 1.165) is 5.56 Å². The van der Waals surface area contributed by atoms with Crippen LogP contribution in [-0.4, -0.2) is 47.4 Å². The largest absolute Gasteiger partial charge is 0.455 e. The number of rotatable bonds is 5. The van der Waals surface area contributed by atoms with E-state index in [4.69, 9.17) is 4.74 Å². The summed E-state index contributed by atoms with van der Waals surface area (Å²) in [5.74, 6) is -2.09. The van der Waals surface area contributed by atoms with E-state index in [9.17, 15) is 19.2 Å². The van der Waals surface area contributed by atoms with E-state index < -0.39 is 36.0 Å². The van der Waals surface area contributed by atoms with E-state index >= 15 is 0 Å². The molecule has 2 rings (SSSR count). The SMILES string of the molecule is CC(C)(C)NC(=O)NC(=O)COC(=O)[C@H]1CC(=O)N(Cc2ccccc2)C1. The monoisotopic (exact) mass is 375 g/mol. The summed E-state index contributed by atoms with van der Waals surface area (Å²) in [4.78, 5) is 49.1. The van der Waals surface area contributed by atoms with Gasteiger partial charge in [0.25, 0.3) is 5.91 Å². The summed E-state index contributed by atoms with van der Waals surface area (Å²) in [5, 5.41) is 4.65. The van der Waals surface area contributed by atoms with Crippen LogP contribution in [0.4, 0.5) is 4.79 Å². The Kier molecular flexibility index (Phi) is 6.55. The normalized spacial score (nSPS) is 16.8. The van der Waals surface area contributed by atoms with Gasteiger partial charge >= 0.3 is 12.0 Å². The van der Waals surface area contributed by atoms with Gasteiger partial charge in [-0.2, -0.15) is 0 Å². The number of nitrogens with zero attached hydrogens (tertiary/aromatic N) is 1. The molecule has 0 aliphatic carbocycles. The number of hydrogen-bond acceptors (Lipinski definition) is 5. The van der Waals surface area contributed by atoms with Crippen molar-refractivity contribution in [1.29, 1.82) is 0 Å². The molecule has 1 heterocycles. The summed E-state index contributed by atoms with van der Waals surface area (Å²) >= 11 is 0. The van der Waals surface area contributed by atoms with Crippen molar-refractivity contribution in [2.75, 3.05) is 13.2 Å². The number of urea groups is 1. The zero-order valence-electron chi connectivity index (χ0n) is 15.8. The molecule has 4 amide bonds. The first-order valence-corrected chi connectivity index (χ1v) is 8.74. The van der Waals surface area contributed by atoms with Gasteiger partial charge in [-0.05, 0) is 26.3 Å². The van der Waals surface area contributed by atoms with Gasteiger partial charge in [0, 0.05) is 25.0 Å². The first kappa shape index (κ1) is 20.4. The highest BCUT2D eigenvalue weighted by Gasteiger charge is 2.35. The Labute approximate surface area is 158 Å². The molecule has 1 aliphatic heterocycles. The number of esters is 1. The standard InChI is InChI=1S/C19H25N3O5/c1-19(2,3)21-18(26)20-15(23)12-27-17(25)14-9-16(24)22(11-14)10-13-7-5-4-6-8-13/h4-8,14H,9-12H2,1-3H3,(H2,20,21,23,26)/t14-/m0/s1. The summed E-state index contributed by atoms with van der Waals surface area (Å²) < 4.78 is 4.96. The van der Waals surface area contributed by atoms with E-state index in [-0.39, 0.29) is 18.9 Å². The highest BCUT2D eigenvalue weighted by Crippen LogP contribution is 2.21. The minimum atomic E-state index is -0.726. The second-order valence-corrected chi connectivity index (χ2v) is 7.52. The lowest BCUT2D eigenvalue weighted by Crippen LogP contribution is -2.49. The summed E-state index contributed by atoms with van der Waals surface area (Å²) in [6, 6.07) is 8.82. The van der Waals surface area contributed by atoms with E-state index in [1.165, 1.54) is 0 Å². The van der Waals surface area contributed by atoms with Crippen molar-refractivity contribution in [3.8, 4) is 0 Å². The van der Waals surface area contributed by atoms with Gasteiger partial charge in [0.2, 0.25) is 5.91 Å². The zero-order chi connectivity index (χ0) is 20.0. The smallest absolute Gasteiger partial charge is 0.321 e. The second-order valence-electron chi connectivity index (χ2n) is 7.52. The number of benzene rings is 1. The van der Waals surface area contributed by atoms with Gasteiger partial charge in [-0.1, -0.05) is 30.3 Å². The fourth-order valence-electron chi connectivity index (χ4n) is 2.68. The fourth-order valence-corrected chi connectivity index (χ4v) is 2.68. The summed E-state index contributed by atoms with van der Waals surface area (Å²) in [6.07, 6.45) is 0.0534. The van der Waals surface area contributed by atoms with Crippen LogP contribution in [0.25, 0.3) is 0 Å². The third-order valence-corrected chi connectivity index (χ3v) is 3.85. The van der Waals surface area contributed by atoms with Gasteiger partial charge < -0.3 is 15.0 Å². The third-order valence-electron chi connectivity index (χ3n) is 3.85. The molecule has 1 saturated heterocycles. The number of ether oxygens (including phenoxy) is 1. The van der Waals surface area contributed by atoms with Crippen molar-refractivity contribution >= 4 is 23.8 Å². The average molecular weight is 375 g/mol. The number of imide groups is 1. The Bertz CT molecular complexity index is 712. The summed E-state index contributed by atoms with van der Waals surface area (Å²) in [6.45, 7) is 5.43. The van der Waals surface area contributed by atoms with Crippen molar-refractivity contribution in [2.24, 2.45) is 5.92 Å². The molecule has 1 atom stereocenters. The van der Waals surface area contributed by atoms with E-state index in [1.54, 1.807) is 25.7 Å². The lowest BCUT2D eigenvalue weighted by molar-refractivity contribution is -0.152. The number of carbonyl (C=O) groups is 4. The molecule has 0 radical (unpaired) electrons. The van der Waals surface area contributed by atoms with Crippen molar-refractivity contribution in [3.05, 3.63) is 35.9 Å². The molecule has 146 valence electrons. The first-order valence-electron chi connectivity index (χ1n) is 8.74. The van der Waals surface area contributed by atoms with Gasteiger partial charge in [-0.25, -0.2) is 4.79 Å². The molecule has 0 bridgehead atoms. The van der Waals surface area contributed by atoms with E-state index in [1.807, 2.05) is 30.3 Å². The van der Waals surface area contributed by atoms with Crippen molar-refractivity contribution in [1.82, 2.24) is 15.5 Å². The van der Waals surface area contributed by atoms with Crippen LogP contribution < -0.4 is 10.6 Å². The second kappa shape index (κ2) is 8.66. The molecular weight excluding hydrogens is 350 g/mol. The van der Waals surface area contributed by atoms with Crippen molar-refractivity contribution < 1.29 is 23.9 Å². The Balaban J connectivity index is 1.77. The van der Waals surface area contributed by atoms with Gasteiger partial charge in [0.1, 0.15) is 0 Å². The van der Waals surface area contributed by atoms with Crippen LogP contribution in [0.1, 0.15) is 32.8 Å². The van der Waals surface area contributed by atoms with Gasteiger partial charge in [0.05, 0.1) is 5.92 Å².